The number of nitrogens with two attached hydrogens (primary N) is 1. The highest BCUT2D eigenvalue weighted by Gasteiger charge is 2.09. The van der Waals surface area contributed by atoms with E-state index in [0.717, 1.165) is 37.3 Å². The van der Waals surface area contributed by atoms with E-state index in [1.807, 2.05) is 36.4 Å². The van der Waals surface area contributed by atoms with E-state index in [0.29, 0.717) is 11.2 Å². The number of rotatable bonds is 6. The lowest BCUT2D eigenvalue weighted by Gasteiger charge is -2.18. The molecule has 0 saturated heterocycles. The fourth-order valence-electron chi connectivity index (χ4n) is 2.20. The number of hydrogen-bond donors (Lipinski definition) is 2. The molecule has 0 fully saturated rings. The van der Waals surface area contributed by atoms with Gasteiger partial charge in [0, 0.05) is 6.07 Å². The molecule has 0 saturated carbocycles. The highest BCUT2D eigenvalue weighted by molar-refractivity contribution is 5.42. The van der Waals surface area contributed by atoms with Crippen molar-refractivity contribution in [2.45, 2.75) is 33.6 Å². The molecule has 0 bridgehead atoms. The standard InChI is InChI=1S/C17H26N4/c1-17(2,3)13-19-11-7-8-14-12-16(18)21(20-14)15-9-5-4-6-10-15/h4-6,9-10,12,19H,7-8,11,13,18H2,1-3H3. The summed E-state index contributed by atoms with van der Waals surface area (Å²) in [7, 11) is 0. The molecular weight excluding hydrogens is 260 g/mol. The molecule has 0 aliphatic rings. The molecule has 2 aromatic rings. The van der Waals surface area contributed by atoms with Crippen molar-refractivity contribution in [2.24, 2.45) is 5.41 Å². The zero-order valence-electron chi connectivity index (χ0n) is 13.3. The predicted molar refractivity (Wildman–Crippen MR) is 88.6 cm³/mol. The maximum Gasteiger partial charge on any atom is 0.127 e. The van der Waals surface area contributed by atoms with Crippen LogP contribution < -0.4 is 11.1 Å². The summed E-state index contributed by atoms with van der Waals surface area (Å²) in [6.45, 7) is 8.76. The SMILES string of the molecule is CC(C)(C)CNCCCc1cc(N)n(-c2ccccc2)n1. The van der Waals surface area contributed by atoms with E-state index in [-0.39, 0.29) is 0 Å². The van der Waals surface area contributed by atoms with Gasteiger partial charge in [-0.25, -0.2) is 4.68 Å². The van der Waals surface area contributed by atoms with Gasteiger partial charge in [0.1, 0.15) is 5.82 Å². The summed E-state index contributed by atoms with van der Waals surface area (Å²) >= 11 is 0. The highest BCUT2D eigenvalue weighted by atomic mass is 15.3. The average Bonchev–Trinajstić information content (AvgIpc) is 2.79. The third-order valence-corrected chi connectivity index (χ3v) is 3.23. The van der Waals surface area contributed by atoms with Crippen LogP contribution in [0.1, 0.15) is 32.9 Å². The largest absolute Gasteiger partial charge is 0.384 e. The number of nitrogens with one attached hydrogen (secondary N) is 1. The molecular formula is C17H26N4. The van der Waals surface area contributed by atoms with Gasteiger partial charge in [-0.15, -0.1) is 0 Å². The van der Waals surface area contributed by atoms with Crippen molar-refractivity contribution in [3.63, 3.8) is 0 Å². The van der Waals surface area contributed by atoms with Gasteiger partial charge in [0.2, 0.25) is 0 Å². The molecule has 3 N–H and O–H groups in total. The second-order valence-electron chi connectivity index (χ2n) is 6.65. The molecule has 0 atom stereocenters. The molecule has 0 spiro atoms. The first-order valence-electron chi connectivity index (χ1n) is 7.56. The van der Waals surface area contributed by atoms with Crippen LogP contribution in [0, 0.1) is 5.41 Å². The van der Waals surface area contributed by atoms with E-state index < -0.39 is 0 Å². The number of aryl methyl sites for hydroxylation is 1. The first-order chi connectivity index (χ1) is 9.96. The minimum absolute atomic E-state index is 0.333. The fourth-order valence-corrected chi connectivity index (χ4v) is 2.20. The normalized spacial score (nSPS) is 11.8. The molecule has 4 nitrogen and oxygen atoms in total. The van der Waals surface area contributed by atoms with Crippen molar-refractivity contribution >= 4 is 5.82 Å². The van der Waals surface area contributed by atoms with Crippen LogP contribution in [0.15, 0.2) is 36.4 Å². The molecule has 4 heteroatoms. The Bertz CT molecular complexity index is 552. The molecule has 0 aliphatic carbocycles. The molecule has 0 aliphatic heterocycles. The van der Waals surface area contributed by atoms with E-state index in [1.54, 1.807) is 4.68 Å². The van der Waals surface area contributed by atoms with Gasteiger partial charge in [-0.2, -0.15) is 5.10 Å². The molecule has 21 heavy (non-hydrogen) atoms. The zero-order chi connectivity index (χ0) is 15.3. The number of nitrogen functional groups attached to an aromatic ring is 1. The topological polar surface area (TPSA) is 55.9 Å². The van der Waals surface area contributed by atoms with E-state index in [1.165, 1.54) is 0 Å². The van der Waals surface area contributed by atoms with Crippen LogP contribution in [-0.4, -0.2) is 22.9 Å². The maximum absolute atomic E-state index is 6.05. The van der Waals surface area contributed by atoms with Crippen molar-refractivity contribution < 1.29 is 0 Å². The van der Waals surface area contributed by atoms with Crippen molar-refractivity contribution in [2.75, 3.05) is 18.8 Å². The third-order valence-electron chi connectivity index (χ3n) is 3.23. The van der Waals surface area contributed by atoms with Crippen LogP contribution in [0.5, 0.6) is 0 Å². The molecule has 0 amide bonds. The lowest BCUT2D eigenvalue weighted by atomic mass is 9.97. The number of aromatic nitrogens is 2. The van der Waals surface area contributed by atoms with Crippen LogP contribution in [0.25, 0.3) is 5.69 Å². The molecule has 0 unspecified atom stereocenters. The number of nitrogens with zero attached hydrogens (tertiary/aromatic N) is 2. The van der Waals surface area contributed by atoms with E-state index >= 15 is 0 Å². The molecule has 2 rings (SSSR count). The second-order valence-corrected chi connectivity index (χ2v) is 6.65. The van der Waals surface area contributed by atoms with Gasteiger partial charge in [0.25, 0.3) is 0 Å². The number of anilines is 1. The minimum atomic E-state index is 0.333. The Morgan fingerprint density at radius 1 is 1.19 bits per heavy atom. The monoisotopic (exact) mass is 286 g/mol. The Kier molecular flexibility index (Phi) is 5.02. The van der Waals surface area contributed by atoms with E-state index in [2.05, 4.69) is 31.2 Å². The summed E-state index contributed by atoms with van der Waals surface area (Å²) in [5.74, 6) is 0.693. The van der Waals surface area contributed by atoms with Crippen LogP contribution in [0.3, 0.4) is 0 Å². The van der Waals surface area contributed by atoms with Gasteiger partial charge in [0.15, 0.2) is 0 Å². The second kappa shape index (κ2) is 6.76. The van der Waals surface area contributed by atoms with E-state index in [4.69, 9.17) is 5.73 Å². The van der Waals surface area contributed by atoms with Crippen molar-refractivity contribution in [3.8, 4) is 5.69 Å². The van der Waals surface area contributed by atoms with Crippen molar-refractivity contribution in [1.82, 2.24) is 15.1 Å². The first-order valence-corrected chi connectivity index (χ1v) is 7.56. The summed E-state index contributed by atoms with van der Waals surface area (Å²) in [5.41, 5.74) is 8.43. The Hall–Kier alpha value is -1.81. The predicted octanol–water partition coefficient (Wildman–Crippen LogP) is 3.02. The van der Waals surface area contributed by atoms with Crippen LogP contribution in [-0.2, 0) is 6.42 Å². The molecule has 1 aromatic heterocycles. The van der Waals surface area contributed by atoms with Crippen molar-refractivity contribution in [3.05, 3.63) is 42.1 Å². The highest BCUT2D eigenvalue weighted by Crippen LogP contribution is 2.15. The number of hydrogen-bond acceptors (Lipinski definition) is 3. The summed E-state index contributed by atoms with van der Waals surface area (Å²) in [6.07, 6.45) is 2.02. The minimum Gasteiger partial charge on any atom is -0.384 e. The van der Waals surface area contributed by atoms with Gasteiger partial charge >= 0.3 is 0 Å². The molecule has 114 valence electrons. The van der Waals surface area contributed by atoms with Crippen LogP contribution in [0.2, 0.25) is 0 Å². The lowest BCUT2D eigenvalue weighted by Crippen LogP contribution is -2.27. The average molecular weight is 286 g/mol. The molecule has 0 radical (unpaired) electrons. The Morgan fingerprint density at radius 3 is 2.57 bits per heavy atom. The quantitative estimate of drug-likeness (QED) is 0.803. The van der Waals surface area contributed by atoms with Gasteiger partial charge in [0.05, 0.1) is 11.4 Å². The number of benzene rings is 1. The molecule has 1 heterocycles. The maximum atomic E-state index is 6.05. The van der Waals surface area contributed by atoms with Gasteiger partial charge in [-0.05, 0) is 43.5 Å². The van der Waals surface area contributed by atoms with Gasteiger partial charge in [-0.1, -0.05) is 39.0 Å². The Morgan fingerprint density at radius 2 is 1.90 bits per heavy atom. The van der Waals surface area contributed by atoms with Crippen LogP contribution in [0.4, 0.5) is 5.82 Å². The Balaban J connectivity index is 1.86. The summed E-state index contributed by atoms with van der Waals surface area (Å²) in [4.78, 5) is 0. The zero-order valence-corrected chi connectivity index (χ0v) is 13.3. The smallest absolute Gasteiger partial charge is 0.127 e. The summed E-state index contributed by atoms with van der Waals surface area (Å²) < 4.78 is 1.80. The van der Waals surface area contributed by atoms with Crippen molar-refractivity contribution in [1.29, 1.82) is 0 Å². The Labute approximate surface area is 127 Å². The molecule has 1 aromatic carbocycles. The summed E-state index contributed by atoms with van der Waals surface area (Å²) in [5, 5.41) is 8.07. The first kappa shape index (κ1) is 15.6. The van der Waals surface area contributed by atoms with Crippen LogP contribution >= 0.6 is 0 Å². The fraction of sp³-hybridized carbons (Fsp3) is 0.471. The number of para-hydroxylation sites is 1. The van der Waals surface area contributed by atoms with E-state index in [9.17, 15) is 0 Å². The lowest BCUT2D eigenvalue weighted by molar-refractivity contribution is 0.379. The van der Waals surface area contributed by atoms with Gasteiger partial charge < -0.3 is 11.1 Å². The van der Waals surface area contributed by atoms with Gasteiger partial charge in [-0.3, -0.25) is 0 Å². The third kappa shape index (κ3) is 4.90. The summed E-state index contributed by atoms with van der Waals surface area (Å²) in [6, 6.07) is 12.0.